The van der Waals surface area contributed by atoms with Crippen molar-refractivity contribution in [3.63, 3.8) is 0 Å². The molecule has 4 nitrogen and oxygen atoms in total. The first-order valence-electron chi connectivity index (χ1n) is 5.90. The zero-order valence-corrected chi connectivity index (χ0v) is 9.94. The molecule has 1 N–H and O–H groups in total. The lowest BCUT2D eigenvalue weighted by molar-refractivity contribution is -0.221. The summed E-state index contributed by atoms with van der Waals surface area (Å²) in [5.74, 6) is 0. The number of halogens is 3. The van der Waals surface area contributed by atoms with Gasteiger partial charge < -0.3 is 14.6 Å². The van der Waals surface area contributed by atoms with Gasteiger partial charge in [-0.15, -0.1) is 0 Å². The summed E-state index contributed by atoms with van der Waals surface area (Å²) >= 11 is 0. The van der Waals surface area contributed by atoms with Crippen LogP contribution < -0.4 is 4.90 Å². The van der Waals surface area contributed by atoms with E-state index in [1.54, 1.807) is 17.3 Å². The van der Waals surface area contributed by atoms with Crippen LogP contribution >= 0.6 is 0 Å². The molecule has 0 saturated carbocycles. The molecule has 0 aliphatic carbocycles. The number of anilines is 1. The molecule has 1 unspecified atom stereocenters. The predicted molar refractivity (Wildman–Crippen MR) is 64.1 cm³/mol. The van der Waals surface area contributed by atoms with Crippen LogP contribution in [0.1, 0.15) is 0 Å². The van der Waals surface area contributed by atoms with Gasteiger partial charge in [0.1, 0.15) is 5.65 Å². The quantitative estimate of drug-likeness (QED) is 0.865. The van der Waals surface area contributed by atoms with Gasteiger partial charge in [0.05, 0.1) is 25.0 Å². The smallest absolute Gasteiger partial charge is 0.365 e. The molecule has 2 aromatic rings. The number of nitrogens with zero attached hydrogens (tertiary/aromatic N) is 2. The number of aromatic nitrogens is 2. The van der Waals surface area contributed by atoms with Crippen molar-refractivity contribution in [2.75, 3.05) is 24.6 Å². The number of nitrogens with one attached hydrogen (secondary N) is 1. The minimum absolute atomic E-state index is 0.0648. The van der Waals surface area contributed by atoms with Gasteiger partial charge in [-0.1, -0.05) is 0 Å². The average molecular weight is 271 g/mol. The number of pyridine rings is 1. The highest BCUT2D eigenvalue weighted by atomic mass is 19.4. The Morgan fingerprint density at radius 3 is 3.05 bits per heavy atom. The molecule has 102 valence electrons. The maximum absolute atomic E-state index is 12.7. The number of H-pyrrole nitrogens is 1. The zero-order chi connectivity index (χ0) is 13.5. The fraction of sp³-hybridized carbons (Fsp3) is 0.417. The van der Waals surface area contributed by atoms with Crippen molar-refractivity contribution in [3.8, 4) is 0 Å². The van der Waals surface area contributed by atoms with Crippen LogP contribution in [0.15, 0.2) is 24.5 Å². The lowest BCUT2D eigenvalue weighted by atomic mass is 10.2. The van der Waals surface area contributed by atoms with Crippen LogP contribution in [-0.4, -0.2) is 41.9 Å². The third-order valence-electron chi connectivity index (χ3n) is 3.18. The third kappa shape index (κ3) is 2.37. The minimum atomic E-state index is -4.33. The summed E-state index contributed by atoms with van der Waals surface area (Å²) in [5.41, 5.74) is 1.41. The van der Waals surface area contributed by atoms with Crippen molar-refractivity contribution in [1.82, 2.24) is 9.97 Å². The van der Waals surface area contributed by atoms with Crippen LogP contribution in [0.2, 0.25) is 0 Å². The van der Waals surface area contributed by atoms with E-state index in [2.05, 4.69) is 9.97 Å². The molecule has 0 bridgehead atoms. The van der Waals surface area contributed by atoms with Crippen molar-refractivity contribution in [1.29, 1.82) is 0 Å². The molecule has 0 amide bonds. The first-order chi connectivity index (χ1) is 9.04. The van der Waals surface area contributed by atoms with Gasteiger partial charge in [0.15, 0.2) is 6.10 Å². The number of hydrogen-bond donors (Lipinski definition) is 1. The van der Waals surface area contributed by atoms with Gasteiger partial charge >= 0.3 is 6.18 Å². The molecule has 3 heterocycles. The Hall–Kier alpha value is -1.76. The number of morpholine rings is 1. The second kappa shape index (κ2) is 4.41. The molecular formula is C12H12F3N3O. The predicted octanol–water partition coefficient (Wildman–Crippen LogP) is 2.33. The summed E-state index contributed by atoms with van der Waals surface area (Å²) in [7, 11) is 0. The van der Waals surface area contributed by atoms with Gasteiger partial charge in [-0.05, 0) is 12.1 Å². The van der Waals surface area contributed by atoms with E-state index in [-0.39, 0.29) is 13.2 Å². The summed E-state index contributed by atoms with van der Waals surface area (Å²) in [4.78, 5) is 8.79. The Morgan fingerprint density at radius 2 is 2.26 bits per heavy atom. The van der Waals surface area contributed by atoms with Gasteiger partial charge in [-0.2, -0.15) is 13.2 Å². The fourth-order valence-electron chi connectivity index (χ4n) is 2.18. The van der Waals surface area contributed by atoms with E-state index in [0.717, 1.165) is 11.0 Å². The highest BCUT2D eigenvalue weighted by Gasteiger charge is 2.43. The molecule has 1 aliphatic rings. The number of fused-ring (bicyclic) bond motifs is 1. The topological polar surface area (TPSA) is 41.2 Å². The normalized spacial score (nSPS) is 21.0. The highest BCUT2D eigenvalue weighted by Crippen LogP contribution is 2.28. The number of ether oxygens (including phenoxy) is 1. The van der Waals surface area contributed by atoms with Crippen LogP contribution in [0, 0.1) is 0 Å². The van der Waals surface area contributed by atoms with Crippen LogP contribution in [0.4, 0.5) is 18.9 Å². The van der Waals surface area contributed by atoms with Crippen LogP contribution in [0.3, 0.4) is 0 Å². The maximum atomic E-state index is 12.7. The second-order valence-electron chi connectivity index (χ2n) is 4.46. The molecule has 1 fully saturated rings. The van der Waals surface area contributed by atoms with Gasteiger partial charge in [-0.25, -0.2) is 4.98 Å². The molecule has 0 spiro atoms. The Labute approximate surface area is 107 Å². The molecule has 19 heavy (non-hydrogen) atoms. The second-order valence-corrected chi connectivity index (χ2v) is 4.46. The molecule has 3 rings (SSSR count). The third-order valence-corrected chi connectivity index (χ3v) is 3.18. The van der Waals surface area contributed by atoms with Crippen molar-refractivity contribution in [2.24, 2.45) is 0 Å². The van der Waals surface area contributed by atoms with E-state index in [1.165, 1.54) is 0 Å². The molecule has 1 atom stereocenters. The van der Waals surface area contributed by atoms with Crippen molar-refractivity contribution in [2.45, 2.75) is 12.3 Å². The molecular weight excluding hydrogens is 259 g/mol. The summed E-state index contributed by atoms with van der Waals surface area (Å²) in [5, 5.41) is 0.882. The van der Waals surface area contributed by atoms with E-state index in [9.17, 15) is 13.2 Å². The van der Waals surface area contributed by atoms with E-state index in [1.807, 2.05) is 12.1 Å². The molecule has 0 radical (unpaired) electrons. The van der Waals surface area contributed by atoms with E-state index >= 15 is 0 Å². The van der Waals surface area contributed by atoms with Gasteiger partial charge in [0.2, 0.25) is 0 Å². The van der Waals surface area contributed by atoms with E-state index in [0.29, 0.717) is 12.2 Å². The monoisotopic (exact) mass is 271 g/mol. The minimum Gasteiger partial charge on any atom is -0.365 e. The molecule has 2 aromatic heterocycles. The number of rotatable bonds is 1. The van der Waals surface area contributed by atoms with Crippen LogP contribution in [0.25, 0.3) is 11.0 Å². The Kier molecular flexibility index (Phi) is 2.85. The number of alkyl halides is 3. The number of aromatic amines is 1. The zero-order valence-electron chi connectivity index (χ0n) is 9.94. The van der Waals surface area contributed by atoms with Crippen molar-refractivity contribution in [3.05, 3.63) is 24.5 Å². The largest absolute Gasteiger partial charge is 0.416 e. The molecule has 1 aliphatic heterocycles. The lowest BCUT2D eigenvalue weighted by Crippen LogP contribution is -2.49. The Balaban J connectivity index is 1.84. The van der Waals surface area contributed by atoms with Crippen LogP contribution in [0.5, 0.6) is 0 Å². The highest BCUT2D eigenvalue weighted by molar-refractivity contribution is 5.79. The maximum Gasteiger partial charge on any atom is 0.416 e. The van der Waals surface area contributed by atoms with Crippen molar-refractivity contribution < 1.29 is 17.9 Å². The summed E-state index contributed by atoms with van der Waals surface area (Å²) in [6, 6.07) is 3.67. The van der Waals surface area contributed by atoms with Crippen LogP contribution in [-0.2, 0) is 4.74 Å². The van der Waals surface area contributed by atoms with E-state index in [4.69, 9.17) is 4.74 Å². The summed E-state index contributed by atoms with van der Waals surface area (Å²) in [6.07, 6.45) is -2.73. The molecule has 0 aromatic carbocycles. The Morgan fingerprint density at radius 1 is 1.42 bits per heavy atom. The lowest BCUT2D eigenvalue weighted by Gasteiger charge is -2.35. The average Bonchev–Trinajstić information content (AvgIpc) is 2.85. The van der Waals surface area contributed by atoms with Gasteiger partial charge in [0.25, 0.3) is 0 Å². The van der Waals surface area contributed by atoms with E-state index < -0.39 is 12.3 Å². The van der Waals surface area contributed by atoms with Gasteiger partial charge in [-0.3, -0.25) is 0 Å². The Bertz CT molecular complexity index is 581. The standard InChI is InChI=1S/C12H12F3N3O/c13-12(14,15)10-7-18(3-4-19-10)9-5-8-1-2-16-11(8)17-6-9/h1-2,5-6,10H,3-4,7H2,(H,16,17). The fourth-order valence-corrected chi connectivity index (χ4v) is 2.18. The van der Waals surface area contributed by atoms with Gasteiger partial charge in [0, 0.05) is 18.1 Å². The first-order valence-corrected chi connectivity index (χ1v) is 5.90. The number of hydrogen-bond acceptors (Lipinski definition) is 3. The first kappa shape index (κ1) is 12.3. The summed E-state index contributed by atoms with van der Waals surface area (Å²) < 4.78 is 42.8. The molecule has 7 heteroatoms. The SMILES string of the molecule is FC(F)(F)C1CN(c2cnc3[nH]ccc3c2)CCO1. The molecule has 1 saturated heterocycles. The summed E-state index contributed by atoms with van der Waals surface area (Å²) in [6.45, 7) is 0.306. The van der Waals surface area contributed by atoms with Crippen molar-refractivity contribution >= 4 is 16.7 Å².